The van der Waals surface area contributed by atoms with Gasteiger partial charge in [0.05, 0.1) is 13.2 Å². The highest BCUT2D eigenvalue weighted by atomic mass is 127. The first-order valence-corrected chi connectivity index (χ1v) is 8.26. The van der Waals surface area contributed by atoms with Gasteiger partial charge in [-0.15, -0.1) is 0 Å². The molecule has 0 heterocycles. The van der Waals surface area contributed by atoms with E-state index in [1.807, 2.05) is 54.6 Å². The summed E-state index contributed by atoms with van der Waals surface area (Å²) in [4.78, 5) is 11.7. The Balaban J connectivity index is 1.54. The molecule has 0 unspecified atom stereocenters. The average Bonchev–Trinajstić information content (AvgIpc) is 2.55. The lowest BCUT2D eigenvalue weighted by atomic mass is 10.3. The predicted molar refractivity (Wildman–Crippen MR) is 97.2 cm³/mol. The average molecular weight is 410 g/mol. The molecular weight excluding hydrogens is 391 g/mol. The van der Waals surface area contributed by atoms with E-state index in [-0.39, 0.29) is 12.5 Å². The molecule has 2 aromatic rings. The zero-order chi connectivity index (χ0) is 15.6. The summed E-state index contributed by atoms with van der Waals surface area (Å²) in [7, 11) is 0. The number of halogens is 1. The van der Waals surface area contributed by atoms with E-state index in [0.29, 0.717) is 13.2 Å². The van der Waals surface area contributed by atoms with E-state index in [1.54, 1.807) is 0 Å². The lowest BCUT2D eigenvalue weighted by Crippen LogP contribution is -2.31. The van der Waals surface area contributed by atoms with Crippen LogP contribution in [0.3, 0.4) is 0 Å². The summed E-state index contributed by atoms with van der Waals surface area (Å²) in [6, 6.07) is 17.6. The SMILES string of the molecule is O=C(CNc1ccccc1)NCCCOc1ccc(I)cc1. The molecule has 1 amide bonds. The molecule has 0 aliphatic carbocycles. The van der Waals surface area contributed by atoms with Crippen LogP contribution >= 0.6 is 22.6 Å². The first kappa shape index (κ1) is 16.6. The van der Waals surface area contributed by atoms with Crippen LogP contribution in [0.15, 0.2) is 54.6 Å². The van der Waals surface area contributed by atoms with Crippen LogP contribution in [0.25, 0.3) is 0 Å². The van der Waals surface area contributed by atoms with Crippen molar-refractivity contribution in [3.05, 3.63) is 58.2 Å². The molecule has 22 heavy (non-hydrogen) atoms. The van der Waals surface area contributed by atoms with Gasteiger partial charge >= 0.3 is 0 Å². The van der Waals surface area contributed by atoms with Crippen LogP contribution in [0.5, 0.6) is 5.75 Å². The van der Waals surface area contributed by atoms with Crippen LogP contribution < -0.4 is 15.4 Å². The van der Waals surface area contributed by atoms with Crippen LogP contribution in [0.2, 0.25) is 0 Å². The molecule has 0 aliphatic rings. The molecule has 0 saturated heterocycles. The van der Waals surface area contributed by atoms with Gasteiger partial charge in [0.1, 0.15) is 5.75 Å². The highest BCUT2D eigenvalue weighted by molar-refractivity contribution is 14.1. The first-order chi connectivity index (χ1) is 10.7. The summed E-state index contributed by atoms with van der Waals surface area (Å²) in [6.45, 7) is 1.48. The Hall–Kier alpha value is -1.76. The first-order valence-electron chi connectivity index (χ1n) is 7.18. The molecule has 0 aliphatic heterocycles. The van der Waals surface area contributed by atoms with Gasteiger partial charge in [0.15, 0.2) is 0 Å². The number of benzene rings is 2. The van der Waals surface area contributed by atoms with Crippen molar-refractivity contribution in [1.29, 1.82) is 0 Å². The number of anilines is 1. The minimum atomic E-state index is -0.0156. The molecule has 2 rings (SSSR count). The zero-order valence-corrected chi connectivity index (χ0v) is 14.4. The molecule has 2 aromatic carbocycles. The number of hydrogen-bond donors (Lipinski definition) is 2. The molecule has 5 heteroatoms. The third-order valence-corrected chi connectivity index (χ3v) is 3.67. The van der Waals surface area contributed by atoms with Gasteiger partial charge in [0.25, 0.3) is 0 Å². The van der Waals surface area contributed by atoms with Crippen LogP contribution in [-0.4, -0.2) is 25.6 Å². The fraction of sp³-hybridized carbons (Fsp3) is 0.235. The Labute approximate surface area is 144 Å². The molecule has 0 fully saturated rings. The van der Waals surface area contributed by atoms with Crippen molar-refractivity contribution >= 4 is 34.2 Å². The lowest BCUT2D eigenvalue weighted by Gasteiger charge is -2.09. The summed E-state index contributed by atoms with van der Waals surface area (Å²) >= 11 is 2.26. The highest BCUT2D eigenvalue weighted by Gasteiger charge is 2.00. The van der Waals surface area contributed by atoms with Gasteiger partial charge in [-0.05, 0) is 65.4 Å². The maximum atomic E-state index is 11.7. The Morgan fingerprint density at radius 1 is 1.05 bits per heavy atom. The second-order valence-electron chi connectivity index (χ2n) is 4.73. The van der Waals surface area contributed by atoms with Crippen LogP contribution in [0.1, 0.15) is 6.42 Å². The molecular formula is C17H19IN2O2. The maximum absolute atomic E-state index is 11.7. The second-order valence-corrected chi connectivity index (χ2v) is 5.97. The van der Waals surface area contributed by atoms with Crippen molar-refractivity contribution in [2.45, 2.75) is 6.42 Å². The normalized spacial score (nSPS) is 10.0. The van der Waals surface area contributed by atoms with Gasteiger partial charge in [-0.2, -0.15) is 0 Å². The van der Waals surface area contributed by atoms with Crippen molar-refractivity contribution in [3.63, 3.8) is 0 Å². The molecule has 2 N–H and O–H groups in total. The quantitative estimate of drug-likeness (QED) is 0.519. The van der Waals surface area contributed by atoms with Crippen molar-refractivity contribution in [3.8, 4) is 5.75 Å². The molecule has 0 bridgehead atoms. The Bertz CT molecular complexity index is 573. The van der Waals surface area contributed by atoms with Gasteiger partial charge in [-0.25, -0.2) is 0 Å². The smallest absolute Gasteiger partial charge is 0.239 e. The van der Waals surface area contributed by atoms with Gasteiger partial charge in [0.2, 0.25) is 5.91 Å². The molecule has 0 saturated carbocycles. The third kappa shape index (κ3) is 6.34. The summed E-state index contributed by atoms with van der Waals surface area (Å²) in [5.41, 5.74) is 0.944. The highest BCUT2D eigenvalue weighted by Crippen LogP contribution is 2.13. The number of nitrogens with one attached hydrogen (secondary N) is 2. The number of rotatable bonds is 8. The van der Waals surface area contributed by atoms with Gasteiger partial charge in [-0.3, -0.25) is 4.79 Å². The molecule has 0 atom stereocenters. The summed E-state index contributed by atoms with van der Waals surface area (Å²) in [5, 5.41) is 5.94. The maximum Gasteiger partial charge on any atom is 0.239 e. The van der Waals surface area contributed by atoms with E-state index in [0.717, 1.165) is 17.9 Å². The number of carbonyl (C=O) groups is 1. The van der Waals surface area contributed by atoms with Gasteiger partial charge in [0, 0.05) is 15.8 Å². The number of hydrogen-bond acceptors (Lipinski definition) is 3. The fourth-order valence-electron chi connectivity index (χ4n) is 1.82. The number of amides is 1. The lowest BCUT2D eigenvalue weighted by molar-refractivity contribution is -0.119. The fourth-order valence-corrected chi connectivity index (χ4v) is 2.18. The number of para-hydroxylation sites is 1. The van der Waals surface area contributed by atoms with Crippen LogP contribution in [-0.2, 0) is 4.79 Å². The van der Waals surface area contributed by atoms with Crippen LogP contribution in [0, 0.1) is 3.57 Å². The minimum Gasteiger partial charge on any atom is -0.494 e. The largest absolute Gasteiger partial charge is 0.494 e. The second kappa shape index (κ2) is 9.30. The molecule has 0 radical (unpaired) electrons. The van der Waals surface area contributed by atoms with E-state index in [4.69, 9.17) is 4.74 Å². The standard InChI is InChI=1S/C17H19IN2O2/c18-14-7-9-16(10-8-14)22-12-4-11-19-17(21)13-20-15-5-2-1-3-6-15/h1-3,5-10,20H,4,11-13H2,(H,19,21). The van der Waals surface area contributed by atoms with E-state index in [9.17, 15) is 4.79 Å². The summed E-state index contributed by atoms with van der Waals surface area (Å²) in [5.74, 6) is 0.843. The molecule has 116 valence electrons. The molecule has 0 spiro atoms. The summed E-state index contributed by atoms with van der Waals surface area (Å²) < 4.78 is 6.79. The van der Waals surface area contributed by atoms with E-state index in [2.05, 4.69) is 33.2 Å². The van der Waals surface area contributed by atoms with Crippen molar-refractivity contribution < 1.29 is 9.53 Å². The topological polar surface area (TPSA) is 50.4 Å². The molecule has 4 nitrogen and oxygen atoms in total. The zero-order valence-electron chi connectivity index (χ0n) is 12.2. The number of ether oxygens (including phenoxy) is 1. The predicted octanol–water partition coefficient (Wildman–Crippen LogP) is 3.29. The van der Waals surface area contributed by atoms with Gasteiger partial charge in [-0.1, -0.05) is 18.2 Å². The number of carbonyl (C=O) groups excluding carboxylic acids is 1. The van der Waals surface area contributed by atoms with Gasteiger partial charge < -0.3 is 15.4 Å². The third-order valence-electron chi connectivity index (χ3n) is 2.95. The molecule has 0 aromatic heterocycles. The van der Waals surface area contributed by atoms with Crippen molar-refractivity contribution in [2.24, 2.45) is 0 Å². The summed E-state index contributed by atoms with van der Waals surface area (Å²) in [6.07, 6.45) is 0.781. The monoisotopic (exact) mass is 410 g/mol. The van der Waals surface area contributed by atoms with Crippen LogP contribution in [0.4, 0.5) is 5.69 Å². The van der Waals surface area contributed by atoms with Crippen molar-refractivity contribution in [1.82, 2.24) is 5.32 Å². The Morgan fingerprint density at radius 3 is 2.50 bits per heavy atom. The minimum absolute atomic E-state index is 0.0156. The van der Waals surface area contributed by atoms with E-state index < -0.39 is 0 Å². The van der Waals surface area contributed by atoms with Crippen molar-refractivity contribution in [2.75, 3.05) is 25.0 Å². The van der Waals surface area contributed by atoms with E-state index in [1.165, 1.54) is 3.57 Å². The van der Waals surface area contributed by atoms with E-state index >= 15 is 0 Å². The Morgan fingerprint density at radius 2 is 1.77 bits per heavy atom. The Kier molecular flexibility index (Phi) is 7.02.